The molecule has 142 valence electrons. The molecule has 2 fully saturated rings. The summed E-state index contributed by atoms with van der Waals surface area (Å²) < 4.78 is 32.4. The van der Waals surface area contributed by atoms with Gasteiger partial charge < -0.3 is 5.32 Å². The van der Waals surface area contributed by atoms with E-state index in [1.807, 2.05) is 13.8 Å². The van der Waals surface area contributed by atoms with E-state index in [2.05, 4.69) is 5.32 Å². The summed E-state index contributed by atoms with van der Waals surface area (Å²) in [7, 11) is -4.18. The average molecular weight is 368 g/mol. The van der Waals surface area contributed by atoms with Gasteiger partial charge in [-0.2, -0.15) is 8.42 Å². The Morgan fingerprint density at radius 3 is 2.24 bits per heavy atom. The monoisotopic (exact) mass is 367 g/mol. The summed E-state index contributed by atoms with van der Waals surface area (Å²) in [5.41, 5.74) is 0.532. The van der Waals surface area contributed by atoms with Crippen LogP contribution in [0.3, 0.4) is 0 Å². The summed E-state index contributed by atoms with van der Waals surface area (Å²) in [6.07, 6.45) is 11.5. The molecule has 2 aliphatic rings. The SMILES string of the molecule is CC.O=S(=O)(O)c1ccccc1NC1CCCC(C2CCCCC2)C1. The molecule has 1 aromatic carbocycles. The number of nitrogens with one attached hydrogen (secondary N) is 1. The van der Waals surface area contributed by atoms with Crippen molar-refractivity contribution < 1.29 is 13.0 Å². The normalized spacial score (nSPS) is 24.9. The van der Waals surface area contributed by atoms with Crippen molar-refractivity contribution in [2.75, 3.05) is 5.32 Å². The predicted octanol–water partition coefficient (Wildman–Crippen LogP) is 5.51. The highest BCUT2D eigenvalue weighted by Crippen LogP contribution is 2.39. The molecule has 3 rings (SSSR count). The van der Waals surface area contributed by atoms with Crippen molar-refractivity contribution in [3.05, 3.63) is 24.3 Å². The van der Waals surface area contributed by atoms with Gasteiger partial charge in [-0.05, 0) is 36.8 Å². The molecule has 0 bridgehead atoms. The molecule has 0 heterocycles. The second-order valence-corrected chi connectivity index (χ2v) is 8.53. The van der Waals surface area contributed by atoms with Crippen molar-refractivity contribution in [1.29, 1.82) is 0 Å². The zero-order valence-electron chi connectivity index (χ0n) is 15.6. The number of benzene rings is 1. The van der Waals surface area contributed by atoms with Gasteiger partial charge in [0, 0.05) is 6.04 Å². The lowest BCUT2D eigenvalue weighted by Gasteiger charge is -2.37. The highest BCUT2D eigenvalue weighted by atomic mass is 32.2. The van der Waals surface area contributed by atoms with Crippen molar-refractivity contribution in [2.45, 2.75) is 82.6 Å². The number of hydrogen-bond acceptors (Lipinski definition) is 3. The van der Waals surface area contributed by atoms with Gasteiger partial charge in [0.05, 0.1) is 5.69 Å². The van der Waals surface area contributed by atoms with Crippen LogP contribution in [0.4, 0.5) is 5.69 Å². The second-order valence-electron chi connectivity index (χ2n) is 7.14. The molecule has 4 nitrogen and oxygen atoms in total. The van der Waals surface area contributed by atoms with Crippen LogP contribution in [0.5, 0.6) is 0 Å². The molecule has 0 saturated heterocycles. The van der Waals surface area contributed by atoms with Crippen LogP contribution < -0.4 is 5.32 Å². The van der Waals surface area contributed by atoms with Crippen LogP contribution in [0.15, 0.2) is 29.2 Å². The minimum absolute atomic E-state index is 0.0141. The van der Waals surface area contributed by atoms with E-state index >= 15 is 0 Å². The van der Waals surface area contributed by atoms with Crippen LogP contribution in [-0.2, 0) is 10.1 Å². The molecule has 1 aromatic rings. The number of rotatable bonds is 4. The quantitative estimate of drug-likeness (QED) is 0.689. The predicted molar refractivity (Wildman–Crippen MR) is 104 cm³/mol. The minimum atomic E-state index is -4.18. The first-order valence-corrected chi connectivity index (χ1v) is 11.3. The zero-order valence-corrected chi connectivity index (χ0v) is 16.4. The van der Waals surface area contributed by atoms with Gasteiger partial charge in [0.2, 0.25) is 0 Å². The van der Waals surface area contributed by atoms with E-state index in [9.17, 15) is 13.0 Å². The third-order valence-electron chi connectivity index (χ3n) is 5.56. The van der Waals surface area contributed by atoms with Crippen molar-refractivity contribution in [1.82, 2.24) is 0 Å². The summed E-state index contributed by atoms with van der Waals surface area (Å²) in [6, 6.07) is 6.95. The van der Waals surface area contributed by atoms with Gasteiger partial charge in [-0.25, -0.2) is 0 Å². The van der Waals surface area contributed by atoms with E-state index in [1.165, 1.54) is 51.0 Å². The summed E-state index contributed by atoms with van der Waals surface area (Å²) >= 11 is 0. The Balaban J connectivity index is 0.00000109. The molecule has 5 heteroatoms. The number of anilines is 1. The molecule has 0 radical (unpaired) electrons. The first kappa shape index (κ1) is 20.2. The summed E-state index contributed by atoms with van der Waals surface area (Å²) in [5.74, 6) is 1.62. The molecule has 25 heavy (non-hydrogen) atoms. The highest BCUT2D eigenvalue weighted by Gasteiger charge is 2.30. The van der Waals surface area contributed by atoms with Gasteiger partial charge in [-0.3, -0.25) is 4.55 Å². The Bertz CT molecular complexity index is 624. The van der Waals surface area contributed by atoms with Crippen LogP contribution in [0, 0.1) is 11.8 Å². The highest BCUT2D eigenvalue weighted by molar-refractivity contribution is 7.86. The zero-order chi connectivity index (χ0) is 18.3. The number of hydrogen-bond donors (Lipinski definition) is 2. The summed E-state index contributed by atoms with van der Waals surface area (Å²) in [4.78, 5) is -0.0141. The lowest BCUT2D eigenvalue weighted by Crippen LogP contribution is -2.32. The van der Waals surface area contributed by atoms with Gasteiger partial charge >= 0.3 is 0 Å². The van der Waals surface area contributed by atoms with Crippen molar-refractivity contribution in [3.63, 3.8) is 0 Å². The van der Waals surface area contributed by atoms with Crippen LogP contribution in [0.1, 0.15) is 71.6 Å². The molecule has 0 amide bonds. The topological polar surface area (TPSA) is 66.4 Å². The Morgan fingerprint density at radius 2 is 1.56 bits per heavy atom. The van der Waals surface area contributed by atoms with Gasteiger partial charge in [0.1, 0.15) is 4.90 Å². The standard InChI is InChI=1S/C18H27NO3S.C2H6/c20-23(21,22)18-12-5-4-11-17(18)19-16-10-6-9-15(13-16)14-7-2-1-3-8-14;1-2/h4-5,11-12,14-16,19H,1-3,6-10,13H2,(H,20,21,22);1-2H3. The van der Waals surface area contributed by atoms with Crippen LogP contribution in [-0.4, -0.2) is 19.0 Å². The lowest BCUT2D eigenvalue weighted by atomic mass is 9.72. The maximum Gasteiger partial charge on any atom is 0.296 e. The molecule has 0 spiro atoms. The fraction of sp³-hybridized carbons (Fsp3) is 0.700. The Morgan fingerprint density at radius 1 is 0.920 bits per heavy atom. The number of para-hydroxylation sites is 1. The summed E-state index contributed by atoms with van der Waals surface area (Å²) in [5, 5.41) is 3.39. The summed E-state index contributed by atoms with van der Waals surface area (Å²) in [6.45, 7) is 4.00. The maximum absolute atomic E-state index is 11.5. The van der Waals surface area contributed by atoms with E-state index in [4.69, 9.17) is 0 Å². The Labute approximate surface area is 153 Å². The molecule has 2 aliphatic carbocycles. The van der Waals surface area contributed by atoms with E-state index in [-0.39, 0.29) is 4.90 Å². The molecule has 0 aromatic heterocycles. The van der Waals surface area contributed by atoms with Crippen molar-refractivity contribution in [3.8, 4) is 0 Å². The fourth-order valence-corrected chi connectivity index (χ4v) is 5.08. The van der Waals surface area contributed by atoms with E-state index in [0.717, 1.165) is 24.7 Å². The molecule has 2 atom stereocenters. The first-order valence-electron chi connectivity index (χ1n) is 9.87. The second kappa shape index (κ2) is 9.58. The van der Waals surface area contributed by atoms with E-state index in [0.29, 0.717) is 11.7 Å². The third-order valence-corrected chi connectivity index (χ3v) is 6.47. The molecular weight excluding hydrogens is 334 g/mol. The molecule has 2 saturated carbocycles. The molecule has 2 N–H and O–H groups in total. The van der Waals surface area contributed by atoms with Gasteiger partial charge in [-0.15, -0.1) is 0 Å². The van der Waals surface area contributed by atoms with Crippen LogP contribution in [0.25, 0.3) is 0 Å². The minimum Gasteiger partial charge on any atom is -0.381 e. The van der Waals surface area contributed by atoms with Crippen LogP contribution in [0.2, 0.25) is 0 Å². The largest absolute Gasteiger partial charge is 0.381 e. The van der Waals surface area contributed by atoms with E-state index in [1.54, 1.807) is 18.2 Å². The van der Waals surface area contributed by atoms with Gasteiger partial charge in [-0.1, -0.05) is 70.9 Å². The molecular formula is C20H33NO3S. The van der Waals surface area contributed by atoms with Crippen molar-refractivity contribution in [2.24, 2.45) is 11.8 Å². The molecule has 2 unspecified atom stereocenters. The molecule has 0 aliphatic heterocycles. The first-order chi connectivity index (χ1) is 12.0. The lowest BCUT2D eigenvalue weighted by molar-refractivity contribution is 0.188. The van der Waals surface area contributed by atoms with Gasteiger partial charge in [0.25, 0.3) is 10.1 Å². The van der Waals surface area contributed by atoms with Crippen molar-refractivity contribution >= 4 is 15.8 Å². The van der Waals surface area contributed by atoms with E-state index < -0.39 is 10.1 Å². The average Bonchev–Trinajstić information content (AvgIpc) is 2.64. The Kier molecular flexibility index (Phi) is 7.76. The smallest absolute Gasteiger partial charge is 0.296 e. The maximum atomic E-state index is 11.5. The van der Waals surface area contributed by atoms with Gasteiger partial charge in [0.15, 0.2) is 0 Å². The Hall–Kier alpha value is -1.07. The fourth-order valence-electron chi connectivity index (χ4n) is 4.42. The third kappa shape index (κ3) is 5.71. The van der Waals surface area contributed by atoms with Crippen LogP contribution >= 0.6 is 0 Å².